The normalized spacial score (nSPS) is 14.4. The summed E-state index contributed by atoms with van der Waals surface area (Å²) in [6.07, 6.45) is -0.650. The van der Waals surface area contributed by atoms with E-state index in [1.807, 2.05) is 0 Å². The van der Waals surface area contributed by atoms with Crippen LogP contribution in [0.25, 0.3) is 0 Å². The van der Waals surface area contributed by atoms with Gasteiger partial charge in [-0.15, -0.1) is 0 Å². The smallest absolute Gasteiger partial charge is 0.414 e. The number of cyclic esters (lactones) is 1. The maximum absolute atomic E-state index is 13.0. The van der Waals surface area contributed by atoms with Crippen LogP contribution in [0.5, 0.6) is 5.75 Å². The van der Waals surface area contributed by atoms with Crippen LogP contribution >= 0.6 is 0 Å². The van der Waals surface area contributed by atoms with Crippen molar-refractivity contribution in [3.63, 3.8) is 0 Å². The average molecular weight is 366 g/mol. The van der Waals surface area contributed by atoms with E-state index in [1.165, 1.54) is 4.90 Å². The Morgan fingerprint density at radius 3 is 2.81 bits per heavy atom. The third-order valence-corrected chi connectivity index (χ3v) is 3.47. The molecule has 2 rings (SSSR count). The number of alkyl carbamates (subject to hydrolysis) is 1. The van der Waals surface area contributed by atoms with Crippen LogP contribution in [0.4, 0.5) is 19.7 Å². The molecule has 1 aromatic rings. The van der Waals surface area contributed by atoms with Crippen LogP contribution in [0.1, 0.15) is 26.3 Å². The SMILES string of the molecule is CN1C(=O)OCc2cc(OC/C(=C\F)CNC(=O)OC(C)(C)C)ccc21. The molecule has 8 heteroatoms. The first kappa shape index (κ1) is 19.6. The Balaban J connectivity index is 1.89. The van der Waals surface area contributed by atoms with Crippen molar-refractivity contribution in [3.8, 4) is 5.75 Å². The van der Waals surface area contributed by atoms with Crippen LogP contribution in [-0.4, -0.2) is 38.0 Å². The van der Waals surface area contributed by atoms with E-state index in [0.29, 0.717) is 12.1 Å². The topological polar surface area (TPSA) is 77.1 Å². The third kappa shape index (κ3) is 5.37. The molecule has 1 aliphatic heterocycles. The number of anilines is 1. The number of hydrogen-bond donors (Lipinski definition) is 1. The van der Waals surface area contributed by atoms with E-state index in [-0.39, 0.29) is 25.3 Å². The predicted molar refractivity (Wildman–Crippen MR) is 94.0 cm³/mol. The van der Waals surface area contributed by atoms with Crippen molar-refractivity contribution in [1.82, 2.24) is 5.32 Å². The molecule has 1 heterocycles. The molecule has 142 valence electrons. The highest BCUT2D eigenvalue weighted by molar-refractivity contribution is 5.89. The lowest BCUT2D eigenvalue weighted by molar-refractivity contribution is 0.0531. The van der Waals surface area contributed by atoms with Gasteiger partial charge < -0.3 is 19.5 Å². The second-order valence-corrected chi connectivity index (χ2v) is 6.82. The van der Waals surface area contributed by atoms with Gasteiger partial charge in [-0.2, -0.15) is 0 Å². The molecule has 0 atom stereocenters. The molecule has 7 nitrogen and oxygen atoms in total. The maximum atomic E-state index is 13.0. The second-order valence-electron chi connectivity index (χ2n) is 6.82. The number of rotatable bonds is 5. The summed E-state index contributed by atoms with van der Waals surface area (Å²) >= 11 is 0. The second kappa shape index (κ2) is 8.07. The standard InChI is InChI=1S/C18H23FN2O5/c1-18(2,3)26-16(22)20-9-12(8-19)10-24-14-5-6-15-13(7-14)11-25-17(23)21(15)4/h5-8H,9-11H2,1-4H3,(H,20,22)/b12-8-. The fourth-order valence-corrected chi connectivity index (χ4v) is 2.23. The quantitative estimate of drug-likeness (QED) is 0.863. The number of benzene rings is 1. The van der Waals surface area contributed by atoms with Crippen molar-refractivity contribution in [2.24, 2.45) is 0 Å². The van der Waals surface area contributed by atoms with Gasteiger partial charge in [0.05, 0.1) is 12.0 Å². The van der Waals surface area contributed by atoms with Gasteiger partial charge in [-0.05, 0) is 39.0 Å². The van der Waals surface area contributed by atoms with Gasteiger partial charge >= 0.3 is 12.2 Å². The van der Waals surface area contributed by atoms with Gasteiger partial charge in [-0.3, -0.25) is 4.90 Å². The minimum Gasteiger partial charge on any atom is -0.489 e. The summed E-state index contributed by atoms with van der Waals surface area (Å²) in [5.74, 6) is 0.506. The van der Waals surface area contributed by atoms with E-state index >= 15 is 0 Å². The number of fused-ring (bicyclic) bond motifs is 1. The first-order valence-corrected chi connectivity index (χ1v) is 8.11. The van der Waals surface area contributed by atoms with E-state index in [0.717, 1.165) is 11.3 Å². The van der Waals surface area contributed by atoms with E-state index in [4.69, 9.17) is 14.2 Å². The molecule has 0 spiro atoms. The predicted octanol–water partition coefficient (Wildman–Crippen LogP) is 3.53. The molecule has 2 amide bonds. The molecular weight excluding hydrogens is 343 g/mol. The number of nitrogens with zero attached hydrogens (tertiary/aromatic N) is 1. The van der Waals surface area contributed by atoms with Gasteiger partial charge in [0, 0.05) is 24.7 Å². The van der Waals surface area contributed by atoms with Crippen LogP contribution in [0, 0.1) is 0 Å². The zero-order valence-electron chi connectivity index (χ0n) is 15.3. The van der Waals surface area contributed by atoms with Gasteiger partial charge in [-0.1, -0.05) is 0 Å². The molecule has 0 aliphatic carbocycles. The summed E-state index contributed by atoms with van der Waals surface area (Å²) in [5, 5.41) is 2.47. The Morgan fingerprint density at radius 2 is 2.15 bits per heavy atom. The highest BCUT2D eigenvalue weighted by Crippen LogP contribution is 2.29. The molecule has 1 aliphatic rings. The van der Waals surface area contributed by atoms with Crippen LogP contribution in [0.15, 0.2) is 30.1 Å². The molecule has 0 aromatic heterocycles. The fraction of sp³-hybridized carbons (Fsp3) is 0.444. The molecule has 26 heavy (non-hydrogen) atoms. The zero-order chi connectivity index (χ0) is 19.3. The lowest BCUT2D eigenvalue weighted by Crippen LogP contribution is -2.34. The Labute approximate surface area is 151 Å². The molecule has 0 saturated carbocycles. The zero-order valence-corrected chi connectivity index (χ0v) is 15.3. The maximum Gasteiger partial charge on any atom is 0.414 e. The van der Waals surface area contributed by atoms with Crippen LogP contribution < -0.4 is 15.0 Å². The minimum absolute atomic E-state index is 0.0310. The summed E-state index contributed by atoms with van der Waals surface area (Å²) < 4.78 is 28.7. The largest absolute Gasteiger partial charge is 0.489 e. The monoisotopic (exact) mass is 366 g/mol. The number of halogens is 1. The molecule has 0 radical (unpaired) electrons. The van der Waals surface area contributed by atoms with Crippen molar-refractivity contribution in [1.29, 1.82) is 0 Å². The van der Waals surface area contributed by atoms with Crippen LogP contribution in [-0.2, 0) is 16.1 Å². The molecule has 0 fully saturated rings. The van der Waals surface area contributed by atoms with Gasteiger partial charge in [-0.25, -0.2) is 14.0 Å². The highest BCUT2D eigenvalue weighted by atomic mass is 19.1. The highest BCUT2D eigenvalue weighted by Gasteiger charge is 2.22. The van der Waals surface area contributed by atoms with E-state index in [1.54, 1.807) is 46.0 Å². The molecule has 0 bridgehead atoms. The van der Waals surface area contributed by atoms with Gasteiger partial charge in [0.25, 0.3) is 0 Å². The number of carbonyl (C=O) groups excluding carboxylic acids is 2. The number of nitrogens with one attached hydrogen (secondary N) is 1. The molecule has 1 aromatic carbocycles. The Kier molecular flexibility index (Phi) is 6.07. The third-order valence-electron chi connectivity index (χ3n) is 3.47. The number of hydrogen-bond acceptors (Lipinski definition) is 5. The number of amides is 2. The van der Waals surface area contributed by atoms with Crippen molar-refractivity contribution in [2.75, 3.05) is 25.1 Å². The van der Waals surface area contributed by atoms with Crippen molar-refractivity contribution >= 4 is 17.9 Å². The van der Waals surface area contributed by atoms with Crippen LogP contribution in [0.2, 0.25) is 0 Å². The summed E-state index contributed by atoms with van der Waals surface area (Å²) in [7, 11) is 1.62. The summed E-state index contributed by atoms with van der Waals surface area (Å²) in [6.45, 7) is 5.31. The van der Waals surface area contributed by atoms with E-state index < -0.39 is 17.8 Å². The summed E-state index contributed by atoms with van der Waals surface area (Å²) in [5.41, 5.74) is 1.15. The molecule has 0 saturated heterocycles. The molecule has 0 unspecified atom stereocenters. The Morgan fingerprint density at radius 1 is 1.42 bits per heavy atom. The van der Waals surface area contributed by atoms with Crippen LogP contribution in [0.3, 0.4) is 0 Å². The fourth-order valence-electron chi connectivity index (χ4n) is 2.23. The molecular formula is C18H23FN2O5. The van der Waals surface area contributed by atoms with Gasteiger partial charge in [0.1, 0.15) is 24.6 Å². The first-order valence-electron chi connectivity index (χ1n) is 8.11. The summed E-state index contributed by atoms with van der Waals surface area (Å²) in [6, 6.07) is 5.16. The Hall–Kier alpha value is -2.77. The first-order chi connectivity index (χ1) is 12.2. The average Bonchev–Trinajstić information content (AvgIpc) is 2.57. The lowest BCUT2D eigenvalue weighted by atomic mass is 10.1. The van der Waals surface area contributed by atoms with Crippen molar-refractivity contribution < 1.29 is 28.2 Å². The van der Waals surface area contributed by atoms with Gasteiger partial charge in [0.15, 0.2) is 0 Å². The van der Waals surface area contributed by atoms with E-state index in [9.17, 15) is 14.0 Å². The van der Waals surface area contributed by atoms with Gasteiger partial charge in [0.2, 0.25) is 0 Å². The minimum atomic E-state index is -0.629. The number of ether oxygens (including phenoxy) is 3. The number of carbonyl (C=O) groups is 2. The van der Waals surface area contributed by atoms with E-state index in [2.05, 4.69) is 5.32 Å². The summed E-state index contributed by atoms with van der Waals surface area (Å²) in [4.78, 5) is 24.5. The Bertz CT molecular complexity index is 712. The lowest BCUT2D eigenvalue weighted by Gasteiger charge is -2.25. The molecule has 1 N–H and O–H groups in total. The van der Waals surface area contributed by atoms with Crippen molar-refractivity contribution in [3.05, 3.63) is 35.7 Å². The van der Waals surface area contributed by atoms with Crippen molar-refractivity contribution in [2.45, 2.75) is 33.0 Å².